The fraction of sp³-hybridized carbons (Fsp3) is 0.800. The highest BCUT2D eigenvalue weighted by Crippen LogP contribution is 2.33. The van der Waals surface area contributed by atoms with Gasteiger partial charge in [-0.15, -0.1) is 6.58 Å². The average Bonchev–Trinajstić information content (AvgIpc) is 2.05. The maximum Gasteiger partial charge on any atom is 0.0942 e. The van der Waals surface area contributed by atoms with Crippen molar-refractivity contribution in [1.82, 2.24) is 0 Å². The highest BCUT2D eigenvalue weighted by Gasteiger charge is 2.37. The Bertz CT molecular complexity index is 156. The molecule has 2 heteroatoms. The summed E-state index contributed by atoms with van der Waals surface area (Å²) < 4.78 is 5.26. The third kappa shape index (κ3) is 1.87. The van der Waals surface area contributed by atoms with Gasteiger partial charge in [0.05, 0.1) is 11.7 Å². The minimum absolute atomic E-state index is 0.00394. The maximum absolute atomic E-state index is 10.1. The molecule has 0 radical (unpaired) electrons. The first kappa shape index (κ1) is 9.75. The van der Waals surface area contributed by atoms with Crippen LogP contribution in [0, 0.1) is 0 Å². The van der Waals surface area contributed by atoms with E-state index in [1.165, 1.54) is 0 Å². The lowest BCUT2D eigenvalue weighted by Gasteiger charge is -2.38. The molecule has 0 aliphatic heterocycles. The van der Waals surface area contributed by atoms with Crippen molar-refractivity contribution in [2.45, 2.75) is 43.8 Å². The molecule has 0 aromatic carbocycles. The fourth-order valence-corrected chi connectivity index (χ4v) is 2.01. The molecule has 0 spiro atoms. The molecule has 0 saturated heterocycles. The van der Waals surface area contributed by atoms with Crippen molar-refractivity contribution < 1.29 is 9.84 Å². The van der Waals surface area contributed by atoms with Crippen LogP contribution in [0.25, 0.3) is 0 Å². The summed E-state index contributed by atoms with van der Waals surface area (Å²) in [6, 6.07) is 0. The van der Waals surface area contributed by atoms with Crippen molar-refractivity contribution in [3.05, 3.63) is 12.7 Å². The Labute approximate surface area is 74.2 Å². The van der Waals surface area contributed by atoms with E-state index >= 15 is 0 Å². The molecule has 0 heterocycles. The van der Waals surface area contributed by atoms with E-state index in [2.05, 4.69) is 6.58 Å². The summed E-state index contributed by atoms with van der Waals surface area (Å²) in [6.07, 6.45) is 6.51. The Hall–Kier alpha value is -0.340. The summed E-state index contributed by atoms with van der Waals surface area (Å²) in [5.41, 5.74) is -0.644. The lowest BCUT2D eigenvalue weighted by Crippen LogP contribution is -2.45. The fourth-order valence-electron chi connectivity index (χ4n) is 2.01. The second-order valence-electron chi connectivity index (χ2n) is 3.57. The van der Waals surface area contributed by atoms with E-state index < -0.39 is 5.60 Å². The zero-order valence-corrected chi connectivity index (χ0v) is 7.75. The zero-order chi connectivity index (χ0) is 9.03. The molecule has 2 atom stereocenters. The molecule has 1 saturated carbocycles. The Morgan fingerprint density at radius 1 is 1.67 bits per heavy atom. The molecular formula is C10H18O2. The van der Waals surface area contributed by atoms with Crippen molar-refractivity contribution >= 4 is 0 Å². The van der Waals surface area contributed by atoms with Crippen molar-refractivity contribution in [2.24, 2.45) is 0 Å². The van der Waals surface area contributed by atoms with Gasteiger partial charge < -0.3 is 9.84 Å². The summed E-state index contributed by atoms with van der Waals surface area (Å²) in [7, 11) is 1.67. The van der Waals surface area contributed by atoms with Gasteiger partial charge in [-0.1, -0.05) is 18.9 Å². The van der Waals surface area contributed by atoms with Crippen molar-refractivity contribution in [2.75, 3.05) is 7.11 Å². The number of aliphatic hydroxyl groups is 1. The Balaban J connectivity index is 2.61. The molecule has 0 amide bonds. The Morgan fingerprint density at radius 3 is 3.00 bits per heavy atom. The molecule has 0 aromatic rings. The largest absolute Gasteiger partial charge is 0.387 e. The molecule has 70 valence electrons. The molecule has 0 aromatic heterocycles. The van der Waals surface area contributed by atoms with Crippen LogP contribution in [0.4, 0.5) is 0 Å². The summed E-state index contributed by atoms with van der Waals surface area (Å²) in [5, 5.41) is 10.1. The average molecular weight is 170 g/mol. The molecule has 0 bridgehead atoms. The zero-order valence-electron chi connectivity index (χ0n) is 7.75. The topological polar surface area (TPSA) is 29.5 Å². The molecular weight excluding hydrogens is 152 g/mol. The second kappa shape index (κ2) is 4.06. The predicted molar refractivity (Wildman–Crippen MR) is 49.0 cm³/mol. The number of rotatable bonds is 3. The minimum atomic E-state index is -0.644. The first-order chi connectivity index (χ1) is 5.73. The summed E-state index contributed by atoms with van der Waals surface area (Å²) in [5.74, 6) is 0. The number of hydrogen-bond donors (Lipinski definition) is 1. The summed E-state index contributed by atoms with van der Waals surface area (Å²) >= 11 is 0. The van der Waals surface area contributed by atoms with Gasteiger partial charge >= 0.3 is 0 Å². The van der Waals surface area contributed by atoms with Gasteiger partial charge in [0.15, 0.2) is 0 Å². The molecule has 12 heavy (non-hydrogen) atoms. The van der Waals surface area contributed by atoms with Crippen molar-refractivity contribution in [1.29, 1.82) is 0 Å². The molecule has 1 aliphatic carbocycles. The van der Waals surface area contributed by atoms with Crippen LogP contribution in [0.5, 0.6) is 0 Å². The second-order valence-corrected chi connectivity index (χ2v) is 3.57. The quantitative estimate of drug-likeness (QED) is 0.655. The van der Waals surface area contributed by atoms with Gasteiger partial charge in [0, 0.05) is 7.11 Å². The van der Waals surface area contributed by atoms with Crippen LogP contribution in [-0.4, -0.2) is 23.9 Å². The van der Waals surface area contributed by atoms with Gasteiger partial charge in [-0.3, -0.25) is 0 Å². The molecule has 0 unspecified atom stereocenters. The number of hydrogen-bond acceptors (Lipinski definition) is 2. The standard InChI is InChI=1S/C10H18O2/c1-3-7-10(11)8-5-4-6-9(10)12-2/h3,9,11H,1,4-8H2,2H3/t9-,10+/m1/s1. The van der Waals surface area contributed by atoms with Gasteiger partial charge in [-0.25, -0.2) is 0 Å². The van der Waals surface area contributed by atoms with Gasteiger partial charge in [0.25, 0.3) is 0 Å². The van der Waals surface area contributed by atoms with E-state index in [0.29, 0.717) is 6.42 Å². The first-order valence-electron chi connectivity index (χ1n) is 4.59. The number of ether oxygens (including phenoxy) is 1. The van der Waals surface area contributed by atoms with E-state index in [1.807, 2.05) is 0 Å². The van der Waals surface area contributed by atoms with Crippen LogP contribution in [0.2, 0.25) is 0 Å². The van der Waals surface area contributed by atoms with E-state index in [1.54, 1.807) is 13.2 Å². The Kier molecular flexibility index (Phi) is 3.29. The molecule has 1 rings (SSSR count). The van der Waals surface area contributed by atoms with Gasteiger partial charge in [0.1, 0.15) is 0 Å². The monoisotopic (exact) mass is 170 g/mol. The summed E-state index contributed by atoms with van der Waals surface area (Å²) in [4.78, 5) is 0. The maximum atomic E-state index is 10.1. The van der Waals surface area contributed by atoms with Gasteiger partial charge in [-0.05, 0) is 19.3 Å². The molecule has 1 aliphatic rings. The smallest absolute Gasteiger partial charge is 0.0942 e. The Morgan fingerprint density at radius 2 is 2.42 bits per heavy atom. The van der Waals surface area contributed by atoms with Crippen molar-refractivity contribution in [3.63, 3.8) is 0 Å². The van der Waals surface area contributed by atoms with Crippen LogP contribution in [0.3, 0.4) is 0 Å². The van der Waals surface area contributed by atoms with E-state index in [0.717, 1.165) is 25.7 Å². The first-order valence-corrected chi connectivity index (χ1v) is 4.59. The van der Waals surface area contributed by atoms with E-state index in [4.69, 9.17) is 4.74 Å². The van der Waals surface area contributed by atoms with Crippen molar-refractivity contribution in [3.8, 4) is 0 Å². The SMILES string of the molecule is C=CC[C@]1(O)CCCC[C@H]1OC. The number of methoxy groups -OCH3 is 1. The normalized spacial score (nSPS) is 36.3. The molecule has 1 fully saturated rings. The molecule has 2 nitrogen and oxygen atoms in total. The van der Waals surface area contributed by atoms with Gasteiger partial charge in [0.2, 0.25) is 0 Å². The third-order valence-corrected chi connectivity index (χ3v) is 2.71. The van der Waals surface area contributed by atoms with E-state index in [9.17, 15) is 5.11 Å². The molecule has 1 N–H and O–H groups in total. The van der Waals surface area contributed by atoms with E-state index in [-0.39, 0.29) is 6.10 Å². The highest BCUT2D eigenvalue weighted by molar-refractivity contribution is 4.95. The van der Waals surface area contributed by atoms with Crippen LogP contribution in [0.1, 0.15) is 32.1 Å². The van der Waals surface area contributed by atoms with Crippen LogP contribution >= 0.6 is 0 Å². The summed E-state index contributed by atoms with van der Waals surface area (Å²) in [6.45, 7) is 3.65. The lowest BCUT2D eigenvalue weighted by molar-refractivity contribution is -0.114. The van der Waals surface area contributed by atoms with Crippen LogP contribution in [0.15, 0.2) is 12.7 Å². The lowest BCUT2D eigenvalue weighted by atomic mass is 9.80. The third-order valence-electron chi connectivity index (χ3n) is 2.71. The van der Waals surface area contributed by atoms with Crippen LogP contribution in [-0.2, 0) is 4.74 Å². The minimum Gasteiger partial charge on any atom is -0.387 e. The highest BCUT2D eigenvalue weighted by atomic mass is 16.5. The van der Waals surface area contributed by atoms with Gasteiger partial charge in [-0.2, -0.15) is 0 Å². The van der Waals surface area contributed by atoms with Crippen LogP contribution < -0.4 is 0 Å². The predicted octanol–water partition coefficient (Wildman–Crippen LogP) is 1.88.